The molecule has 0 aliphatic heterocycles. The number of aryl methyl sites for hydroxylation is 2. The summed E-state index contributed by atoms with van der Waals surface area (Å²) in [4.78, 5) is 8.08. The molecule has 4 aromatic heterocycles. The molecule has 0 aliphatic rings. The van der Waals surface area contributed by atoms with Crippen LogP contribution in [0.3, 0.4) is 0 Å². The first-order chi connectivity index (χ1) is 21.7. The molecule has 0 bridgehead atoms. The lowest BCUT2D eigenvalue weighted by Crippen LogP contribution is -1.99. The standard InChI is InChI=1S/C18H14FN3.C13H11FN2.C5H4BrN/c1-13-18(11-8-16-5-3-4-12-20-16)14(2)22(21-13)17-9-6-15(19)7-10-17;1-4-13-9(2)15-16(10(13)3)12-7-5-11(14)6-8-12;6-5-3-1-2-4-7-5/h3-7,9-10,12H,1-2H3;1,5-8H,2-3H3;1-4H. The summed E-state index contributed by atoms with van der Waals surface area (Å²) >= 11 is 3.20. The molecule has 0 unspecified atom stereocenters. The zero-order valence-corrected chi connectivity index (χ0v) is 26.7. The van der Waals surface area contributed by atoms with Gasteiger partial charge in [-0.15, -0.1) is 6.42 Å². The number of pyridine rings is 2. The molecule has 0 saturated carbocycles. The second-order valence-electron chi connectivity index (χ2n) is 9.63. The highest BCUT2D eigenvalue weighted by Crippen LogP contribution is 2.18. The Morgan fingerprint density at radius 3 is 1.51 bits per heavy atom. The van der Waals surface area contributed by atoms with E-state index < -0.39 is 0 Å². The first-order valence-corrected chi connectivity index (χ1v) is 14.6. The molecule has 9 heteroatoms. The van der Waals surface area contributed by atoms with Gasteiger partial charge >= 0.3 is 0 Å². The van der Waals surface area contributed by atoms with Gasteiger partial charge < -0.3 is 0 Å². The van der Waals surface area contributed by atoms with Gasteiger partial charge in [0.25, 0.3) is 0 Å². The quantitative estimate of drug-likeness (QED) is 0.140. The van der Waals surface area contributed by atoms with Crippen molar-refractivity contribution in [2.45, 2.75) is 27.7 Å². The number of rotatable bonds is 2. The number of hydrogen-bond donors (Lipinski definition) is 0. The fraction of sp³-hybridized carbons (Fsp3) is 0.111. The van der Waals surface area contributed by atoms with Crippen LogP contribution < -0.4 is 0 Å². The normalized spacial score (nSPS) is 9.91. The summed E-state index contributed by atoms with van der Waals surface area (Å²) in [5, 5.41) is 8.83. The Balaban J connectivity index is 0.000000174. The average Bonchev–Trinajstić information content (AvgIpc) is 3.50. The lowest BCUT2D eigenvalue weighted by molar-refractivity contribution is 0.626. The summed E-state index contributed by atoms with van der Waals surface area (Å²) in [7, 11) is 0. The molecule has 6 aromatic rings. The number of benzene rings is 2. The van der Waals surface area contributed by atoms with Crippen LogP contribution in [0.5, 0.6) is 0 Å². The lowest BCUT2D eigenvalue weighted by Gasteiger charge is -2.03. The van der Waals surface area contributed by atoms with Crippen LogP contribution in [0, 0.1) is 63.5 Å². The Morgan fingerprint density at radius 1 is 0.622 bits per heavy atom. The van der Waals surface area contributed by atoms with Gasteiger partial charge in [0.2, 0.25) is 0 Å². The molecule has 0 N–H and O–H groups in total. The number of halogens is 3. The maximum atomic E-state index is 13.0. The third kappa shape index (κ3) is 8.60. The third-order valence-electron chi connectivity index (χ3n) is 6.48. The monoisotopic (exact) mass is 662 g/mol. The van der Waals surface area contributed by atoms with Gasteiger partial charge in [-0.3, -0.25) is 0 Å². The van der Waals surface area contributed by atoms with E-state index >= 15 is 0 Å². The summed E-state index contributed by atoms with van der Waals surface area (Å²) < 4.78 is 30.2. The van der Waals surface area contributed by atoms with Crippen molar-refractivity contribution in [3.05, 3.63) is 153 Å². The smallest absolute Gasteiger partial charge is 0.123 e. The van der Waals surface area contributed by atoms with Gasteiger partial charge in [0.15, 0.2) is 0 Å². The van der Waals surface area contributed by atoms with Gasteiger partial charge in [0, 0.05) is 12.4 Å². The van der Waals surface area contributed by atoms with Crippen LogP contribution in [0.25, 0.3) is 11.4 Å². The highest BCUT2D eigenvalue weighted by molar-refractivity contribution is 9.10. The van der Waals surface area contributed by atoms with Crippen molar-refractivity contribution in [2.24, 2.45) is 0 Å². The van der Waals surface area contributed by atoms with Crippen LogP contribution >= 0.6 is 15.9 Å². The minimum atomic E-state index is -0.263. The van der Waals surface area contributed by atoms with E-state index in [4.69, 9.17) is 6.42 Å². The summed E-state index contributed by atoms with van der Waals surface area (Å²) in [6, 6.07) is 23.7. The molecule has 45 heavy (non-hydrogen) atoms. The average molecular weight is 664 g/mol. The Labute approximate surface area is 269 Å². The van der Waals surface area contributed by atoms with Gasteiger partial charge in [0.1, 0.15) is 21.9 Å². The molecule has 4 heterocycles. The van der Waals surface area contributed by atoms with Crippen molar-refractivity contribution < 1.29 is 8.78 Å². The number of terminal acetylenes is 1. The molecule has 0 aliphatic carbocycles. The maximum absolute atomic E-state index is 13.0. The van der Waals surface area contributed by atoms with E-state index in [1.807, 2.05) is 64.1 Å². The van der Waals surface area contributed by atoms with Crippen LogP contribution in [0.15, 0.2) is 102 Å². The van der Waals surface area contributed by atoms with E-state index in [1.165, 1.54) is 24.3 Å². The molecular formula is C36H29BrF2N6. The van der Waals surface area contributed by atoms with Crippen molar-refractivity contribution in [1.82, 2.24) is 29.5 Å². The SMILES string of the molecule is Brc1ccccn1.C#Cc1c(C)nn(-c2ccc(F)cc2)c1C.Cc1nn(-c2ccc(F)cc2)c(C)c1C#Cc1ccccn1. The van der Waals surface area contributed by atoms with Crippen molar-refractivity contribution in [2.75, 3.05) is 0 Å². The van der Waals surface area contributed by atoms with E-state index in [0.717, 1.165) is 55.6 Å². The molecule has 6 nitrogen and oxygen atoms in total. The summed E-state index contributed by atoms with van der Waals surface area (Å²) in [5.41, 5.74) is 7.47. The minimum absolute atomic E-state index is 0.262. The molecule has 2 aromatic carbocycles. The van der Waals surface area contributed by atoms with E-state index in [1.54, 1.807) is 46.0 Å². The minimum Gasteiger partial charge on any atom is -0.249 e. The first-order valence-electron chi connectivity index (χ1n) is 13.8. The summed E-state index contributed by atoms with van der Waals surface area (Å²) in [6.07, 6.45) is 8.86. The van der Waals surface area contributed by atoms with Gasteiger partial charge in [0.05, 0.1) is 45.3 Å². The van der Waals surface area contributed by atoms with Crippen molar-refractivity contribution in [3.8, 4) is 35.6 Å². The first kappa shape index (κ1) is 32.5. The number of aromatic nitrogens is 6. The largest absolute Gasteiger partial charge is 0.249 e. The van der Waals surface area contributed by atoms with Gasteiger partial charge in [-0.25, -0.2) is 28.1 Å². The second kappa shape index (κ2) is 15.4. The van der Waals surface area contributed by atoms with Crippen LogP contribution in [-0.2, 0) is 0 Å². The van der Waals surface area contributed by atoms with Gasteiger partial charge in [-0.1, -0.05) is 24.0 Å². The van der Waals surface area contributed by atoms with E-state index in [2.05, 4.69) is 53.9 Å². The highest BCUT2D eigenvalue weighted by atomic mass is 79.9. The molecule has 224 valence electrons. The van der Waals surface area contributed by atoms with Gasteiger partial charge in [-0.2, -0.15) is 10.2 Å². The Hall–Kier alpha value is -5.38. The van der Waals surface area contributed by atoms with Crippen molar-refractivity contribution in [1.29, 1.82) is 0 Å². The second-order valence-corrected chi connectivity index (χ2v) is 10.4. The Bertz CT molecular complexity index is 1960. The maximum Gasteiger partial charge on any atom is 0.123 e. The van der Waals surface area contributed by atoms with Crippen LogP contribution in [0.2, 0.25) is 0 Å². The van der Waals surface area contributed by atoms with Gasteiger partial charge in [-0.05, 0) is 122 Å². The van der Waals surface area contributed by atoms with E-state index in [9.17, 15) is 8.78 Å². The highest BCUT2D eigenvalue weighted by Gasteiger charge is 2.12. The third-order valence-corrected chi connectivity index (χ3v) is 6.95. The Kier molecular flexibility index (Phi) is 11.1. The molecule has 0 radical (unpaired) electrons. The van der Waals surface area contributed by atoms with Crippen LogP contribution in [0.4, 0.5) is 8.78 Å². The molecule has 0 fully saturated rings. The number of nitrogens with zero attached hydrogens (tertiary/aromatic N) is 6. The van der Waals surface area contributed by atoms with Crippen LogP contribution in [-0.4, -0.2) is 29.5 Å². The fourth-order valence-corrected chi connectivity index (χ4v) is 4.52. The molecular weight excluding hydrogens is 634 g/mol. The number of hydrogen-bond acceptors (Lipinski definition) is 4. The van der Waals surface area contributed by atoms with E-state index in [-0.39, 0.29) is 11.6 Å². The fourth-order valence-electron chi connectivity index (χ4n) is 4.25. The Morgan fingerprint density at radius 2 is 1.11 bits per heavy atom. The molecule has 6 rings (SSSR count). The molecule has 0 saturated heterocycles. The summed E-state index contributed by atoms with van der Waals surface area (Å²) in [6.45, 7) is 7.63. The molecule has 0 amide bonds. The topological polar surface area (TPSA) is 61.4 Å². The van der Waals surface area contributed by atoms with Crippen LogP contribution in [0.1, 0.15) is 39.6 Å². The molecule has 0 spiro atoms. The van der Waals surface area contributed by atoms with E-state index in [0.29, 0.717) is 0 Å². The predicted molar refractivity (Wildman–Crippen MR) is 176 cm³/mol. The summed E-state index contributed by atoms with van der Waals surface area (Å²) in [5.74, 6) is 8.25. The molecule has 0 atom stereocenters. The van der Waals surface area contributed by atoms with Crippen molar-refractivity contribution >= 4 is 15.9 Å². The van der Waals surface area contributed by atoms with Crippen molar-refractivity contribution in [3.63, 3.8) is 0 Å². The predicted octanol–water partition coefficient (Wildman–Crippen LogP) is 7.88. The zero-order chi connectivity index (χ0) is 32.3. The lowest BCUT2D eigenvalue weighted by atomic mass is 10.2. The zero-order valence-electron chi connectivity index (χ0n) is 25.1.